The van der Waals surface area contributed by atoms with Crippen LogP contribution in [0.15, 0.2) is 28.7 Å². The average molecular weight is 258 g/mol. The van der Waals surface area contributed by atoms with Crippen LogP contribution in [0.4, 0.5) is 0 Å². The molecule has 14 heavy (non-hydrogen) atoms. The van der Waals surface area contributed by atoms with E-state index < -0.39 is 0 Å². The summed E-state index contributed by atoms with van der Waals surface area (Å²) in [6.45, 7) is 0.518. The van der Waals surface area contributed by atoms with Gasteiger partial charge in [0.2, 0.25) is 5.91 Å². The summed E-state index contributed by atoms with van der Waals surface area (Å²) in [5.41, 5.74) is 4.99. The predicted octanol–water partition coefficient (Wildman–Crippen LogP) is 2.09. The molecule has 0 saturated carbocycles. The summed E-state index contributed by atoms with van der Waals surface area (Å²) in [7, 11) is 0. The zero-order chi connectivity index (χ0) is 10.4. The molecule has 0 aromatic heterocycles. The van der Waals surface area contributed by atoms with Gasteiger partial charge in [0.25, 0.3) is 0 Å². The Bertz CT molecular complexity index is 297. The van der Waals surface area contributed by atoms with Gasteiger partial charge in [0, 0.05) is 10.9 Å². The summed E-state index contributed by atoms with van der Waals surface area (Å²) in [6, 6.07) is 7.55. The van der Waals surface area contributed by atoms with Crippen LogP contribution in [0.2, 0.25) is 0 Å². The summed E-state index contributed by atoms with van der Waals surface area (Å²) in [5, 5.41) is 0. The van der Waals surface area contributed by atoms with E-state index >= 15 is 0 Å². The van der Waals surface area contributed by atoms with Gasteiger partial charge in [-0.25, -0.2) is 0 Å². The molecular formula is C10H12BrNO2. The molecule has 1 rings (SSSR count). The van der Waals surface area contributed by atoms with Gasteiger partial charge in [0.1, 0.15) is 5.75 Å². The van der Waals surface area contributed by atoms with Crippen molar-refractivity contribution in [2.75, 3.05) is 6.61 Å². The maximum Gasteiger partial charge on any atom is 0.217 e. The van der Waals surface area contributed by atoms with Crippen molar-refractivity contribution in [1.82, 2.24) is 0 Å². The van der Waals surface area contributed by atoms with E-state index in [0.29, 0.717) is 19.4 Å². The van der Waals surface area contributed by atoms with Gasteiger partial charge < -0.3 is 10.5 Å². The number of ether oxygens (including phenoxy) is 1. The summed E-state index contributed by atoms with van der Waals surface area (Å²) in [5.74, 6) is 0.516. The molecular weight excluding hydrogens is 246 g/mol. The fourth-order valence-corrected chi connectivity index (χ4v) is 1.23. The Labute approximate surface area is 91.4 Å². The lowest BCUT2D eigenvalue weighted by atomic mass is 10.3. The van der Waals surface area contributed by atoms with Gasteiger partial charge in [-0.1, -0.05) is 15.9 Å². The van der Waals surface area contributed by atoms with Crippen LogP contribution in [0.5, 0.6) is 5.75 Å². The van der Waals surface area contributed by atoms with Gasteiger partial charge in [-0.2, -0.15) is 0 Å². The topological polar surface area (TPSA) is 52.3 Å². The second-order valence-electron chi connectivity index (χ2n) is 2.87. The van der Waals surface area contributed by atoms with Gasteiger partial charge in [0.05, 0.1) is 6.61 Å². The van der Waals surface area contributed by atoms with Crippen molar-refractivity contribution in [2.24, 2.45) is 5.73 Å². The molecule has 0 saturated heterocycles. The van der Waals surface area contributed by atoms with Gasteiger partial charge in [-0.15, -0.1) is 0 Å². The lowest BCUT2D eigenvalue weighted by Crippen LogP contribution is -2.11. The smallest absolute Gasteiger partial charge is 0.217 e. The van der Waals surface area contributed by atoms with Crippen LogP contribution in [-0.4, -0.2) is 12.5 Å². The molecule has 0 heterocycles. The number of carbonyl (C=O) groups is 1. The van der Waals surface area contributed by atoms with Gasteiger partial charge >= 0.3 is 0 Å². The highest BCUT2D eigenvalue weighted by Crippen LogP contribution is 2.16. The highest BCUT2D eigenvalue weighted by atomic mass is 79.9. The lowest BCUT2D eigenvalue weighted by molar-refractivity contribution is -0.118. The first kappa shape index (κ1) is 11.0. The normalized spacial score (nSPS) is 9.79. The molecule has 76 valence electrons. The number of halogens is 1. The molecule has 0 fully saturated rings. The summed E-state index contributed by atoms with van der Waals surface area (Å²) in [6.07, 6.45) is 1.03. The van der Waals surface area contributed by atoms with Crippen LogP contribution in [0, 0.1) is 0 Å². The molecule has 3 nitrogen and oxygen atoms in total. The van der Waals surface area contributed by atoms with E-state index in [2.05, 4.69) is 15.9 Å². The summed E-state index contributed by atoms with van der Waals surface area (Å²) in [4.78, 5) is 10.4. The molecule has 0 atom stereocenters. The summed E-state index contributed by atoms with van der Waals surface area (Å²) < 4.78 is 6.40. The van der Waals surface area contributed by atoms with E-state index in [1.165, 1.54) is 0 Å². The minimum Gasteiger partial charge on any atom is -0.494 e. The first-order chi connectivity index (χ1) is 6.68. The van der Waals surface area contributed by atoms with E-state index in [-0.39, 0.29) is 5.91 Å². The lowest BCUT2D eigenvalue weighted by Gasteiger charge is -2.04. The fourth-order valence-electron chi connectivity index (χ4n) is 0.967. The van der Waals surface area contributed by atoms with Crippen molar-refractivity contribution in [1.29, 1.82) is 0 Å². The molecule has 0 spiro atoms. The largest absolute Gasteiger partial charge is 0.494 e. The highest BCUT2D eigenvalue weighted by molar-refractivity contribution is 9.10. The average Bonchev–Trinajstić information content (AvgIpc) is 2.15. The molecule has 0 bridgehead atoms. The van der Waals surface area contributed by atoms with Crippen LogP contribution in [0.3, 0.4) is 0 Å². The molecule has 2 N–H and O–H groups in total. The number of nitrogens with two attached hydrogens (primary N) is 1. The van der Waals surface area contributed by atoms with Gasteiger partial charge in [0.15, 0.2) is 0 Å². The van der Waals surface area contributed by atoms with Crippen LogP contribution >= 0.6 is 15.9 Å². The number of benzene rings is 1. The number of hydrogen-bond donors (Lipinski definition) is 1. The van der Waals surface area contributed by atoms with Crippen molar-refractivity contribution < 1.29 is 9.53 Å². The van der Waals surface area contributed by atoms with E-state index in [1.807, 2.05) is 24.3 Å². The molecule has 0 aliphatic rings. The Morgan fingerprint density at radius 2 is 2.00 bits per heavy atom. The number of primary amides is 1. The van der Waals surface area contributed by atoms with Crippen molar-refractivity contribution in [3.8, 4) is 5.75 Å². The number of carbonyl (C=O) groups excluding carboxylic acids is 1. The third kappa shape index (κ3) is 4.28. The van der Waals surface area contributed by atoms with Crippen molar-refractivity contribution in [3.05, 3.63) is 28.7 Å². The molecule has 1 aromatic rings. The zero-order valence-electron chi connectivity index (χ0n) is 7.70. The fraction of sp³-hybridized carbons (Fsp3) is 0.300. The third-order valence-corrected chi connectivity index (χ3v) is 2.18. The maximum absolute atomic E-state index is 10.4. The standard InChI is InChI=1S/C10H12BrNO2/c11-8-3-5-9(6-4-8)14-7-1-2-10(12)13/h3-6H,1-2,7H2,(H2,12,13). The molecule has 0 aliphatic heterocycles. The van der Waals surface area contributed by atoms with E-state index in [0.717, 1.165) is 10.2 Å². The Morgan fingerprint density at radius 1 is 1.36 bits per heavy atom. The monoisotopic (exact) mass is 257 g/mol. The second-order valence-corrected chi connectivity index (χ2v) is 3.79. The Balaban J connectivity index is 2.25. The quantitative estimate of drug-likeness (QED) is 0.822. The van der Waals surface area contributed by atoms with Gasteiger partial charge in [-0.3, -0.25) is 4.79 Å². The molecule has 1 aromatic carbocycles. The first-order valence-corrected chi connectivity index (χ1v) is 5.14. The van der Waals surface area contributed by atoms with Gasteiger partial charge in [-0.05, 0) is 30.7 Å². The minimum atomic E-state index is -0.288. The Morgan fingerprint density at radius 3 is 2.57 bits per heavy atom. The maximum atomic E-state index is 10.4. The second kappa shape index (κ2) is 5.65. The minimum absolute atomic E-state index is 0.288. The number of rotatable bonds is 5. The Kier molecular flexibility index (Phi) is 4.46. The van der Waals surface area contributed by atoms with E-state index in [9.17, 15) is 4.79 Å². The predicted molar refractivity (Wildman–Crippen MR) is 58.1 cm³/mol. The molecule has 0 unspecified atom stereocenters. The molecule has 0 radical (unpaired) electrons. The SMILES string of the molecule is NC(=O)CCCOc1ccc(Br)cc1. The van der Waals surface area contributed by atoms with Crippen molar-refractivity contribution in [3.63, 3.8) is 0 Å². The molecule has 0 aliphatic carbocycles. The van der Waals surface area contributed by atoms with Crippen molar-refractivity contribution >= 4 is 21.8 Å². The van der Waals surface area contributed by atoms with Crippen molar-refractivity contribution in [2.45, 2.75) is 12.8 Å². The Hall–Kier alpha value is -1.03. The zero-order valence-corrected chi connectivity index (χ0v) is 9.29. The van der Waals surface area contributed by atoms with E-state index in [1.54, 1.807) is 0 Å². The number of amides is 1. The van der Waals surface area contributed by atoms with Crippen LogP contribution in [0.25, 0.3) is 0 Å². The van der Waals surface area contributed by atoms with Crippen LogP contribution in [-0.2, 0) is 4.79 Å². The third-order valence-electron chi connectivity index (χ3n) is 1.65. The molecule has 4 heteroatoms. The molecule has 1 amide bonds. The highest BCUT2D eigenvalue weighted by Gasteiger charge is 1.96. The van der Waals surface area contributed by atoms with Crippen LogP contribution in [0.1, 0.15) is 12.8 Å². The van der Waals surface area contributed by atoms with Crippen LogP contribution < -0.4 is 10.5 Å². The number of hydrogen-bond acceptors (Lipinski definition) is 2. The summed E-state index contributed by atoms with van der Waals surface area (Å²) >= 11 is 3.33. The van der Waals surface area contributed by atoms with E-state index in [4.69, 9.17) is 10.5 Å². The first-order valence-electron chi connectivity index (χ1n) is 4.35.